The van der Waals surface area contributed by atoms with E-state index in [-0.39, 0.29) is 23.8 Å². The zero-order chi connectivity index (χ0) is 23.7. The van der Waals surface area contributed by atoms with Gasteiger partial charge in [-0.2, -0.15) is 15.2 Å². The van der Waals surface area contributed by atoms with Gasteiger partial charge < -0.3 is 19.3 Å². The Morgan fingerprint density at radius 1 is 1.38 bits per heavy atom. The first-order valence-electron chi connectivity index (χ1n) is 11.7. The topological polar surface area (TPSA) is 91.6 Å². The fourth-order valence-electron chi connectivity index (χ4n) is 5.71. The average Bonchev–Trinajstić information content (AvgIpc) is 2.88. The highest BCUT2D eigenvalue weighted by molar-refractivity contribution is 5.87. The maximum absolute atomic E-state index is 12.3. The molecule has 2 aromatic rings. The summed E-state index contributed by atoms with van der Waals surface area (Å²) in [6, 6.07) is 10.9. The van der Waals surface area contributed by atoms with Gasteiger partial charge in [0.05, 0.1) is 44.5 Å². The van der Waals surface area contributed by atoms with Crippen LogP contribution in [0.2, 0.25) is 0 Å². The lowest BCUT2D eigenvalue weighted by Crippen LogP contribution is -2.55. The molecule has 1 aromatic heterocycles. The van der Waals surface area contributed by atoms with Gasteiger partial charge in [-0.15, -0.1) is 0 Å². The zero-order valence-electron chi connectivity index (χ0n) is 19.5. The number of carbonyl (C=O) groups is 1. The van der Waals surface area contributed by atoms with E-state index in [0.29, 0.717) is 38.9 Å². The minimum atomic E-state index is -0.214. The van der Waals surface area contributed by atoms with Crippen LogP contribution in [0, 0.1) is 11.3 Å². The molecule has 2 unspecified atom stereocenters. The van der Waals surface area contributed by atoms with E-state index in [0.717, 1.165) is 36.3 Å². The second-order valence-corrected chi connectivity index (χ2v) is 9.26. The second kappa shape index (κ2) is 9.07. The monoisotopic (exact) mass is 459 g/mol. The lowest BCUT2D eigenvalue weighted by molar-refractivity contribution is -0.128. The van der Waals surface area contributed by atoms with E-state index in [1.165, 1.54) is 17.2 Å². The number of carbonyl (C=O) groups excluding carboxylic acids is 1. The molecule has 0 radical (unpaired) electrons. The number of piperazine rings is 1. The van der Waals surface area contributed by atoms with Crippen molar-refractivity contribution in [1.82, 2.24) is 14.9 Å². The van der Waals surface area contributed by atoms with Crippen LogP contribution in [0.4, 0.5) is 5.82 Å². The third-order valence-electron chi connectivity index (χ3n) is 7.38. The molecule has 0 saturated carbocycles. The summed E-state index contributed by atoms with van der Waals surface area (Å²) in [7, 11) is 1.59. The molecule has 3 aliphatic rings. The van der Waals surface area contributed by atoms with Crippen LogP contribution in [0.5, 0.6) is 6.01 Å². The SMILES string of the molecule is C=CC(=O)N1CCN(c2nc(OC)nc3c2CCC2(COCc4ccccc42)C3)CC1CC#N. The molecule has 1 fully saturated rings. The van der Waals surface area contributed by atoms with Crippen LogP contribution in [0.25, 0.3) is 0 Å². The van der Waals surface area contributed by atoms with E-state index in [9.17, 15) is 10.1 Å². The largest absolute Gasteiger partial charge is 0.467 e. The van der Waals surface area contributed by atoms with Crippen molar-refractivity contribution < 1.29 is 14.3 Å². The molecule has 1 spiro atoms. The summed E-state index contributed by atoms with van der Waals surface area (Å²) in [4.78, 5) is 25.8. The lowest BCUT2D eigenvalue weighted by Gasteiger charge is -2.44. The van der Waals surface area contributed by atoms with Crippen molar-refractivity contribution >= 4 is 11.7 Å². The smallest absolute Gasteiger partial charge is 0.318 e. The number of benzene rings is 1. The molecule has 5 rings (SSSR count). The van der Waals surface area contributed by atoms with Crippen molar-refractivity contribution in [2.24, 2.45) is 0 Å². The van der Waals surface area contributed by atoms with E-state index in [4.69, 9.17) is 19.4 Å². The van der Waals surface area contributed by atoms with Crippen molar-refractivity contribution in [3.05, 3.63) is 59.3 Å². The number of nitriles is 1. The van der Waals surface area contributed by atoms with Crippen LogP contribution in [-0.2, 0) is 34.4 Å². The summed E-state index contributed by atoms with van der Waals surface area (Å²) in [6.07, 6.45) is 4.13. The third-order valence-corrected chi connectivity index (χ3v) is 7.38. The molecule has 1 aromatic carbocycles. The standard InChI is InChI=1S/C26H29N5O3/c1-3-23(32)31-13-12-30(15-19(31)9-11-27)24-20-8-10-26(14-22(20)28-25(29-24)33-2)17-34-16-18-6-4-5-7-21(18)26/h3-7,19H,1,8-10,12-17H2,2H3. The number of rotatable bonds is 4. The number of anilines is 1. The molecule has 2 atom stereocenters. The zero-order valence-corrected chi connectivity index (χ0v) is 19.5. The van der Waals surface area contributed by atoms with Crippen LogP contribution in [0.15, 0.2) is 36.9 Å². The number of hydrogen-bond donors (Lipinski definition) is 0. The molecule has 0 bridgehead atoms. The van der Waals surface area contributed by atoms with Gasteiger partial charge in [0.2, 0.25) is 5.91 Å². The predicted molar refractivity (Wildman–Crippen MR) is 127 cm³/mol. The minimum absolute atomic E-state index is 0.100. The van der Waals surface area contributed by atoms with Crippen LogP contribution in [-0.4, -0.2) is 60.2 Å². The van der Waals surface area contributed by atoms with Crippen molar-refractivity contribution in [3.63, 3.8) is 0 Å². The maximum Gasteiger partial charge on any atom is 0.318 e. The molecule has 176 valence electrons. The molecule has 1 aliphatic carbocycles. The Bertz CT molecular complexity index is 1160. The highest BCUT2D eigenvalue weighted by atomic mass is 16.5. The Morgan fingerprint density at radius 2 is 2.24 bits per heavy atom. The highest BCUT2D eigenvalue weighted by Gasteiger charge is 2.42. The number of fused-ring (bicyclic) bond motifs is 3. The summed E-state index contributed by atoms with van der Waals surface area (Å²) in [5.41, 5.74) is 4.64. The Hall–Kier alpha value is -3.44. The molecule has 1 amide bonds. The summed E-state index contributed by atoms with van der Waals surface area (Å²) >= 11 is 0. The van der Waals surface area contributed by atoms with Gasteiger partial charge in [-0.05, 0) is 30.0 Å². The van der Waals surface area contributed by atoms with Gasteiger partial charge in [-0.3, -0.25) is 4.79 Å². The fraction of sp³-hybridized carbons (Fsp3) is 0.462. The van der Waals surface area contributed by atoms with Crippen molar-refractivity contribution in [2.45, 2.75) is 43.7 Å². The average molecular weight is 460 g/mol. The van der Waals surface area contributed by atoms with Crippen LogP contribution >= 0.6 is 0 Å². The second-order valence-electron chi connectivity index (χ2n) is 9.26. The molecule has 2 aliphatic heterocycles. The number of hydrogen-bond acceptors (Lipinski definition) is 7. The van der Waals surface area contributed by atoms with E-state index < -0.39 is 0 Å². The van der Waals surface area contributed by atoms with E-state index in [2.05, 4.69) is 41.8 Å². The van der Waals surface area contributed by atoms with E-state index in [1.54, 1.807) is 12.0 Å². The number of methoxy groups -OCH3 is 1. The van der Waals surface area contributed by atoms with Gasteiger partial charge in [-0.1, -0.05) is 30.8 Å². The molecular weight excluding hydrogens is 430 g/mol. The third kappa shape index (κ3) is 3.80. The van der Waals surface area contributed by atoms with Gasteiger partial charge in [0, 0.05) is 37.0 Å². The van der Waals surface area contributed by atoms with E-state index in [1.807, 2.05) is 0 Å². The van der Waals surface area contributed by atoms with Gasteiger partial charge in [-0.25, -0.2) is 0 Å². The van der Waals surface area contributed by atoms with Crippen molar-refractivity contribution in [2.75, 3.05) is 38.3 Å². The molecule has 8 heteroatoms. The summed E-state index contributed by atoms with van der Waals surface area (Å²) in [5.74, 6) is 0.718. The van der Waals surface area contributed by atoms with E-state index >= 15 is 0 Å². The van der Waals surface area contributed by atoms with Crippen molar-refractivity contribution in [3.8, 4) is 12.1 Å². The molecule has 3 heterocycles. The summed E-state index contributed by atoms with van der Waals surface area (Å²) in [5, 5.41) is 9.35. The molecule has 1 saturated heterocycles. The highest BCUT2D eigenvalue weighted by Crippen LogP contribution is 2.44. The Labute approximate surface area is 199 Å². The van der Waals surface area contributed by atoms with Gasteiger partial charge in [0.25, 0.3) is 0 Å². The van der Waals surface area contributed by atoms with Gasteiger partial charge >= 0.3 is 6.01 Å². The predicted octanol–water partition coefficient (Wildman–Crippen LogP) is 2.56. The Balaban J connectivity index is 1.49. The molecule has 0 N–H and O–H groups in total. The van der Waals surface area contributed by atoms with Crippen LogP contribution in [0.1, 0.15) is 35.2 Å². The molecule has 8 nitrogen and oxygen atoms in total. The fourth-order valence-corrected chi connectivity index (χ4v) is 5.71. The quantitative estimate of drug-likeness (QED) is 0.649. The molecule has 34 heavy (non-hydrogen) atoms. The normalized spacial score (nSPS) is 23.6. The number of ether oxygens (including phenoxy) is 2. The van der Waals surface area contributed by atoms with Crippen LogP contribution in [0.3, 0.4) is 0 Å². The lowest BCUT2D eigenvalue weighted by atomic mass is 9.67. The summed E-state index contributed by atoms with van der Waals surface area (Å²) < 4.78 is 11.5. The number of nitrogens with zero attached hydrogens (tertiary/aromatic N) is 5. The van der Waals surface area contributed by atoms with Crippen molar-refractivity contribution in [1.29, 1.82) is 5.26 Å². The number of amides is 1. The minimum Gasteiger partial charge on any atom is -0.467 e. The Kier molecular flexibility index (Phi) is 5.96. The van der Waals surface area contributed by atoms with Gasteiger partial charge in [0.1, 0.15) is 5.82 Å². The number of aromatic nitrogens is 2. The first-order chi connectivity index (χ1) is 16.6. The maximum atomic E-state index is 12.3. The first kappa shape index (κ1) is 22.4. The Morgan fingerprint density at radius 3 is 3.03 bits per heavy atom. The summed E-state index contributed by atoms with van der Waals surface area (Å²) in [6.45, 7) is 6.62. The molecular formula is C26H29N5O3. The first-order valence-corrected chi connectivity index (χ1v) is 11.7. The van der Waals surface area contributed by atoms with Gasteiger partial charge in [0.15, 0.2) is 0 Å². The van der Waals surface area contributed by atoms with Crippen LogP contribution < -0.4 is 9.64 Å².